The lowest BCUT2D eigenvalue weighted by molar-refractivity contribution is 1.18. The molecule has 0 radical (unpaired) electrons. The maximum absolute atomic E-state index is 5.36. The summed E-state index contributed by atoms with van der Waals surface area (Å²) in [6.45, 7) is 0. The lowest BCUT2D eigenvalue weighted by atomic mass is 9.95. The first-order valence-electron chi connectivity index (χ1n) is 42.9. The Hall–Kier alpha value is -16.7. The van der Waals surface area contributed by atoms with Crippen LogP contribution in [-0.2, 0) is 0 Å². The summed E-state index contributed by atoms with van der Waals surface area (Å²) in [6, 6.07) is 161. The molecule has 21 aromatic carbocycles. The average molecular weight is 1590 g/mol. The fraction of sp³-hybridized carbons (Fsp3) is 0. The molecular weight excluding hydrogens is 1510 g/mol. The second-order valence-corrected chi connectivity index (χ2v) is 32.7. The zero-order valence-corrected chi connectivity index (χ0v) is 67.9. The lowest BCUT2D eigenvalue weighted by Crippen LogP contribution is -1.96. The van der Waals surface area contributed by atoms with Gasteiger partial charge in [-0.25, -0.2) is 15.0 Å². The Morgan fingerprint density at radius 3 is 0.832 bits per heavy atom. The molecule has 6 aromatic heterocycles. The van der Waals surface area contributed by atoms with Gasteiger partial charge in [-0.05, 0) is 185 Å². The van der Waals surface area contributed by atoms with E-state index in [0.29, 0.717) is 0 Å². The van der Waals surface area contributed by atoms with Gasteiger partial charge in [-0.15, -0.1) is 0 Å². The fourth-order valence-corrected chi connectivity index (χ4v) is 20.2. The first-order chi connectivity index (χ1) is 62.0. The fourth-order valence-electron chi connectivity index (χ4n) is 20.2. The standard InChI is InChI=1S/C41H26N2.2C39H24N2/c1-2-11-33-31(9-1)32-10-3-4-14-36(32)41-37(33)25-26-38(42-41)29-19-17-27(18-20-29)28-21-23-30(24-22-28)43-39-15-7-5-12-34(39)35-13-6-8-16-40(35)43;1-2-13-27-25(11-1)26-12-3-4-16-33(26)39-34(27)23-24-35(40-39)29-18-9-19-30-28(29)17-10-22-38(30)41-36-20-7-5-14-31(36)32-15-6-8-21-37(32)41;1-2-11-31-29(9-1)30-10-3-4-14-34(30)39-35(31)21-22-36(40-39)26-18-17-25-19-20-28(24-27(25)23-26)41-37-15-7-5-12-32(37)33-13-6-8-16-38(33)41/h1-26H;2*1-24H. The molecule has 0 aliphatic heterocycles. The van der Waals surface area contributed by atoms with E-state index in [0.717, 1.165) is 61.7 Å². The Balaban J connectivity index is 0.000000103. The SMILES string of the molecule is c1cc(-n2c3ccccc3c3ccccc32)c2cccc(-c3ccc4c5ccccc5c5ccccc5c4n3)c2c1.c1ccc2c(c1)c1ccccc1c1nc(-c3ccc(-c4ccc(-n5c6ccccc6c6ccccc65)cc4)cc3)ccc21.c1ccc2c(c1)c1ccccc1c1nc(-c3ccc4ccc(-n5c6ccccc6c6ccccc65)cc4c3)ccc21. The number of nitrogens with zero attached hydrogens (tertiary/aromatic N) is 6. The summed E-state index contributed by atoms with van der Waals surface area (Å²) in [7, 11) is 0. The summed E-state index contributed by atoms with van der Waals surface area (Å²) in [5.74, 6) is 0. The predicted octanol–water partition coefficient (Wildman–Crippen LogP) is 31.9. The van der Waals surface area contributed by atoms with Crippen molar-refractivity contribution in [2.75, 3.05) is 0 Å². The van der Waals surface area contributed by atoms with Crippen LogP contribution >= 0.6 is 0 Å². The summed E-state index contributed by atoms with van der Waals surface area (Å²) in [4.78, 5) is 15.9. The van der Waals surface area contributed by atoms with Crippen molar-refractivity contribution >= 4 is 184 Å². The summed E-state index contributed by atoms with van der Waals surface area (Å²) >= 11 is 0. The number of aromatic nitrogens is 6. The highest BCUT2D eigenvalue weighted by Crippen LogP contribution is 2.44. The number of rotatable bonds is 7. The number of para-hydroxylation sites is 6. The van der Waals surface area contributed by atoms with Gasteiger partial charge < -0.3 is 13.7 Å². The minimum Gasteiger partial charge on any atom is -0.309 e. The van der Waals surface area contributed by atoms with Gasteiger partial charge in [0.1, 0.15) is 0 Å². The summed E-state index contributed by atoms with van der Waals surface area (Å²) < 4.78 is 7.14. The first-order valence-corrected chi connectivity index (χ1v) is 42.9. The van der Waals surface area contributed by atoms with E-state index in [9.17, 15) is 0 Å². The third-order valence-corrected chi connectivity index (χ3v) is 25.9. The normalized spacial score (nSPS) is 11.8. The third kappa shape index (κ3) is 11.6. The van der Waals surface area contributed by atoms with E-state index in [1.807, 2.05) is 0 Å². The highest BCUT2D eigenvalue weighted by Gasteiger charge is 2.21. The summed E-state index contributed by atoms with van der Waals surface area (Å²) in [6.07, 6.45) is 0. The van der Waals surface area contributed by atoms with Crippen molar-refractivity contribution in [2.45, 2.75) is 0 Å². The zero-order chi connectivity index (χ0) is 82.2. The van der Waals surface area contributed by atoms with Gasteiger partial charge in [-0.1, -0.05) is 340 Å². The van der Waals surface area contributed by atoms with Crippen LogP contribution in [0, 0.1) is 0 Å². The Bertz CT molecular complexity index is 8860. The minimum atomic E-state index is 0.987. The van der Waals surface area contributed by atoms with Crippen LogP contribution in [-0.4, -0.2) is 28.7 Å². The lowest BCUT2D eigenvalue weighted by Gasteiger charge is -2.15. The molecule has 0 fully saturated rings. The van der Waals surface area contributed by atoms with Crippen LogP contribution in [0.1, 0.15) is 0 Å². The number of hydrogen-bond donors (Lipinski definition) is 0. The predicted molar refractivity (Wildman–Crippen MR) is 530 cm³/mol. The van der Waals surface area contributed by atoms with Gasteiger partial charge in [0.25, 0.3) is 0 Å². The van der Waals surface area contributed by atoms with Gasteiger partial charge in [-0.3, -0.25) is 0 Å². The molecular formula is C119H74N6. The number of benzene rings is 21. The van der Waals surface area contributed by atoms with Crippen LogP contribution in [0.3, 0.4) is 0 Å². The third-order valence-electron chi connectivity index (χ3n) is 25.9. The van der Waals surface area contributed by atoms with Crippen molar-refractivity contribution in [3.63, 3.8) is 0 Å². The van der Waals surface area contributed by atoms with Gasteiger partial charge in [0.05, 0.1) is 72.4 Å². The molecule has 6 heterocycles. The van der Waals surface area contributed by atoms with Gasteiger partial charge in [-0.2, -0.15) is 0 Å². The molecule has 0 N–H and O–H groups in total. The van der Waals surface area contributed by atoms with Crippen LogP contribution in [0.2, 0.25) is 0 Å². The Labute approximate surface area is 718 Å². The Kier molecular flexibility index (Phi) is 16.6. The van der Waals surface area contributed by atoms with Gasteiger partial charge in [0.2, 0.25) is 0 Å². The summed E-state index contributed by atoms with van der Waals surface area (Å²) in [5, 5.41) is 30.9. The molecule has 0 aliphatic carbocycles. The molecule has 0 bridgehead atoms. The quantitative estimate of drug-likeness (QED) is 0.149. The van der Waals surface area contributed by atoms with E-state index in [-0.39, 0.29) is 0 Å². The van der Waals surface area contributed by atoms with Crippen LogP contribution < -0.4 is 0 Å². The molecule has 0 aliphatic rings. The largest absolute Gasteiger partial charge is 0.309 e. The molecule has 6 nitrogen and oxygen atoms in total. The maximum atomic E-state index is 5.36. The molecule has 27 rings (SSSR count). The van der Waals surface area contributed by atoms with E-state index >= 15 is 0 Å². The minimum absolute atomic E-state index is 0.987. The number of hydrogen-bond acceptors (Lipinski definition) is 3. The van der Waals surface area contributed by atoms with Gasteiger partial charge in [0.15, 0.2) is 0 Å². The average Bonchev–Trinajstić information content (AvgIpc) is 1.63. The van der Waals surface area contributed by atoms with Gasteiger partial charge >= 0.3 is 0 Å². The number of fused-ring (bicyclic) bond motifs is 29. The first kappa shape index (κ1) is 71.3. The molecule has 0 saturated carbocycles. The van der Waals surface area contributed by atoms with Crippen molar-refractivity contribution in [2.24, 2.45) is 0 Å². The Morgan fingerprint density at radius 2 is 0.416 bits per heavy atom. The highest BCUT2D eigenvalue weighted by atomic mass is 15.0. The summed E-state index contributed by atoms with van der Waals surface area (Å²) in [5.41, 5.74) is 22.7. The second-order valence-electron chi connectivity index (χ2n) is 32.7. The van der Waals surface area contributed by atoms with E-state index in [1.54, 1.807) is 0 Å². The molecule has 0 unspecified atom stereocenters. The maximum Gasteiger partial charge on any atom is 0.0794 e. The second kappa shape index (κ2) is 29.1. The van der Waals surface area contributed by atoms with Crippen LogP contribution in [0.4, 0.5) is 0 Å². The van der Waals surface area contributed by atoms with E-state index in [2.05, 4.69) is 463 Å². The van der Waals surface area contributed by atoms with Crippen molar-refractivity contribution in [1.82, 2.24) is 28.7 Å². The molecule has 580 valence electrons. The molecule has 6 heteroatoms. The molecule has 0 atom stereocenters. The van der Waals surface area contributed by atoms with Crippen molar-refractivity contribution in [1.29, 1.82) is 0 Å². The van der Waals surface area contributed by atoms with Crippen LogP contribution in [0.15, 0.2) is 449 Å². The Morgan fingerprint density at radius 1 is 0.144 bits per heavy atom. The van der Waals surface area contributed by atoms with Crippen molar-refractivity contribution in [3.05, 3.63) is 449 Å². The molecule has 0 amide bonds. The highest BCUT2D eigenvalue weighted by molar-refractivity contribution is 6.27. The zero-order valence-electron chi connectivity index (χ0n) is 67.9. The number of pyridine rings is 3. The van der Waals surface area contributed by atoms with Crippen LogP contribution in [0.5, 0.6) is 0 Å². The van der Waals surface area contributed by atoms with E-state index in [4.69, 9.17) is 15.0 Å². The van der Waals surface area contributed by atoms with Crippen molar-refractivity contribution < 1.29 is 0 Å². The monoisotopic (exact) mass is 1590 g/mol. The van der Waals surface area contributed by atoms with E-state index in [1.165, 1.54) is 185 Å². The molecule has 0 spiro atoms. The van der Waals surface area contributed by atoms with Gasteiger partial charge in [0, 0.05) is 98.1 Å². The topological polar surface area (TPSA) is 53.5 Å². The molecule has 0 saturated heterocycles. The molecule has 27 aromatic rings. The van der Waals surface area contributed by atoms with Crippen molar-refractivity contribution in [3.8, 4) is 62.0 Å². The van der Waals surface area contributed by atoms with Crippen LogP contribution in [0.25, 0.3) is 246 Å². The molecule has 125 heavy (non-hydrogen) atoms. The smallest absolute Gasteiger partial charge is 0.0794 e. The van der Waals surface area contributed by atoms with E-state index < -0.39 is 0 Å².